The molecule has 1 aliphatic rings. The summed E-state index contributed by atoms with van der Waals surface area (Å²) in [4.78, 5) is 13.7. The molecule has 0 saturated carbocycles. The average Bonchev–Trinajstić information content (AvgIpc) is 2.49. The summed E-state index contributed by atoms with van der Waals surface area (Å²) in [5.41, 5.74) is 0.389. The van der Waals surface area contributed by atoms with Gasteiger partial charge in [-0.3, -0.25) is 4.90 Å². The van der Waals surface area contributed by atoms with Crippen LogP contribution in [-0.4, -0.2) is 61.8 Å². The number of nitrogens with zero attached hydrogens (tertiary/aromatic N) is 1. The summed E-state index contributed by atoms with van der Waals surface area (Å²) in [7, 11) is 3.23. The largest absolute Gasteiger partial charge is 0.443 e. The van der Waals surface area contributed by atoms with Gasteiger partial charge < -0.3 is 19.3 Å². The summed E-state index contributed by atoms with van der Waals surface area (Å²) < 4.78 is 15.9. The monoisotopic (exact) mass is 315 g/mol. The molecule has 22 heavy (non-hydrogen) atoms. The first-order valence-electron chi connectivity index (χ1n) is 7.53. The van der Waals surface area contributed by atoms with E-state index in [4.69, 9.17) is 14.2 Å². The molecule has 0 unspecified atom stereocenters. The van der Waals surface area contributed by atoms with Crippen LogP contribution in [-0.2, 0) is 14.2 Å². The van der Waals surface area contributed by atoms with Crippen LogP contribution in [0, 0.1) is 11.8 Å². The highest BCUT2D eigenvalue weighted by molar-refractivity contribution is 5.69. The quantitative estimate of drug-likeness (QED) is 0.859. The average molecular weight is 315 g/mol. The summed E-state index contributed by atoms with van der Waals surface area (Å²) >= 11 is 0. The first-order valence-corrected chi connectivity index (χ1v) is 7.53. The fourth-order valence-electron chi connectivity index (χ4n) is 2.64. The molecular weight excluding hydrogens is 286 g/mol. The van der Waals surface area contributed by atoms with E-state index < -0.39 is 17.8 Å². The van der Waals surface area contributed by atoms with Crippen molar-refractivity contribution in [1.82, 2.24) is 4.90 Å². The Labute approximate surface area is 133 Å². The minimum Gasteiger partial charge on any atom is -0.443 e. The van der Waals surface area contributed by atoms with Crippen molar-refractivity contribution in [3.05, 3.63) is 11.8 Å². The molecular formula is C16H29NO5. The zero-order chi connectivity index (χ0) is 16.9. The van der Waals surface area contributed by atoms with Gasteiger partial charge in [0, 0.05) is 32.3 Å². The number of carbonyl (C=O) groups is 1. The van der Waals surface area contributed by atoms with Crippen LogP contribution in [0.25, 0.3) is 0 Å². The van der Waals surface area contributed by atoms with Gasteiger partial charge in [0.1, 0.15) is 5.60 Å². The molecule has 0 radical (unpaired) electrons. The van der Waals surface area contributed by atoms with Gasteiger partial charge in [-0.05, 0) is 27.7 Å². The molecule has 0 bridgehead atoms. The molecule has 0 aromatic heterocycles. The first kappa shape index (κ1) is 18.9. The Bertz CT molecular complexity index is 402. The number of carbonyl (C=O) groups excluding carboxylic acids is 1. The topological polar surface area (TPSA) is 68.2 Å². The molecule has 1 amide bonds. The van der Waals surface area contributed by atoms with Gasteiger partial charge in [0.25, 0.3) is 0 Å². The maximum absolute atomic E-state index is 12.3. The molecule has 0 fully saturated rings. The molecule has 0 saturated heterocycles. The molecule has 6 nitrogen and oxygen atoms in total. The third kappa shape index (κ3) is 5.26. The van der Waals surface area contributed by atoms with E-state index in [1.54, 1.807) is 20.4 Å². The Hall–Kier alpha value is -1.11. The van der Waals surface area contributed by atoms with E-state index in [0.717, 1.165) is 5.57 Å². The number of ether oxygens (including phenoxy) is 3. The molecule has 128 valence electrons. The van der Waals surface area contributed by atoms with Crippen molar-refractivity contribution in [2.75, 3.05) is 34.0 Å². The Balaban J connectivity index is 2.99. The van der Waals surface area contributed by atoms with Gasteiger partial charge in [-0.1, -0.05) is 5.57 Å². The molecule has 0 aromatic carbocycles. The SMILES string of the molecule is COC[C@@H]1[C@H](O)CN(C(=O)OC(C)(C)C)C=C(C)[C@@H]1COC. The predicted octanol–water partition coefficient (Wildman–Crippen LogP) is 2.03. The maximum atomic E-state index is 12.3. The number of hydrogen-bond donors (Lipinski definition) is 1. The van der Waals surface area contributed by atoms with Crippen LogP contribution < -0.4 is 0 Å². The lowest BCUT2D eigenvalue weighted by Crippen LogP contribution is -2.41. The van der Waals surface area contributed by atoms with Crippen molar-refractivity contribution in [3.8, 4) is 0 Å². The van der Waals surface area contributed by atoms with E-state index in [2.05, 4.69) is 0 Å². The lowest BCUT2D eigenvalue weighted by molar-refractivity contribution is -0.00854. The highest BCUT2D eigenvalue weighted by Crippen LogP contribution is 2.29. The highest BCUT2D eigenvalue weighted by atomic mass is 16.6. The van der Waals surface area contributed by atoms with Gasteiger partial charge in [0.15, 0.2) is 0 Å². The summed E-state index contributed by atoms with van der Waals surface area (Å²) in [6, 6.07) is 0. The van der Waals surface area contributed by atoms with Crippen molar-refractivity contribution in [2.24, 2.45) is 11.8 Å². The standard InChI is InChI=1S/C16H29NO5/c1-11-7-17(15(19)22-16(2,3)4)8-14(18)13(10-21-6)12(11)9-20-5/h7,12-14,18H,8-10H2,1-6H3/t12-,13-,14+/m0/s1. The van der Waals surface area contributed by atoms with Crippen molar-refractivity contribution in [1.29, 1.82) is 0 Å². The minimum absolute atomic E-state index is 0.00705. The molecule has 1 N–H and O–H groups in total. The Morgan fingerprint density at radius 1 is 1.32 bits per heavy atom. The van der Waals surface area contributed by atoms with Crippen LogP contribution in [0.1, 0.15) is 27.7 Å². The fourth-order valence-corrected chi connectivity index (χ4v) is 2.64. The molecule has 1 aliphatic heterocycles. The van der Waals surface area contributed by atoms with Gasteiger partial charge >= 0.3 is 6.09 Å². The molecule has 1 heterocycles. The van der Waals surface area contributed by atoms with Crippen LogP contribution in [0.15, 0.2) is 11.8 Å². The number of aliphatic hydroxyl groups excluding tert-OH is 1. The normalized spacial score (nSPS) is 26.4. The van der Waals surface area contributed by atoms with Crippen molar-refractivity contribution < 1.29 is 24.1 Å². The van der Waals surface area contributed by atoms with Crippen LogP contribution in [0.4, 0.5) is 4.79 Å². The van der Waals surface area contributed by atoms with Gasteiger partial charge in [0.2, 0.25) is 0 Å². The van der Waals surface area contributed by atoms with E-state index in [0.29, 0.717) is 13.2 Å². The Morgan fingerprint density at radius 2 is 1.91 bits per heavy atom. The molecule has 6 heteroatoms. The van der Waals surface area contributed by atoms with Crippen LogP contribution >= 0.6 is 0 Å². The van der Waals surface area contributed by atoms with Gasteiger partial charge in [-0.2, -0.15) is 0 Å². The predicted molar refractivity (Wildman–Crippen MR) is 83.4 cm³/mol. The van der Waals surface area contributed by atoms with Crippen LogP contribution in [0.2, 0.25) is 0 Å². The number of amides is 1. The van der Waals surface area contributed by atoms with Crippen molar-refractivity contribution in [3.63, 3.8) is 0 Å². The van der Waals surface area contributed by atoms with Crippen LogP contribution in [0.5, 0.6) is 0 Å². The number of β-amino-alcohol motifs (C(OH)–C–C–N with tert-alkyl or cyclic N) is 1. The summed E-state index contributed by atoms with van der Waals surface area (Å²) in [6.45, 7) is 8.44. The van der Waals surface area contributed by atoms with E-state index in [1.165, 1.54) is 4.90 Å². The lowest BCUT2D eigenvalue weighted by Gasteiger charge is -2.29. The number of hydrogen-bond acceptors (Lipinski definition) is 5. The first-order chi connectivity index (χ1) is 10.2. The van der Waals surface area contributed by atoms with Gasteiger partial charge in [-0.25, -0.2) is 4.79 Å². The smallest absolute Gasteiger partial charge is 0.414 e. The Morgan fingerprint density at radius 3 is 2.41 bits per heavy atom. The second kappa shape index (κ2) is 7.94. The van der Waals surface area contributed by atoms with E-state index in [9.17, 15) is 9.90 Å². The number of methoxy groups -OCH3 is 2. The molecule has 1 rings (SSSR count). The molecule has 0 spiro atoms. The van der Waals surface area contributed by atoms with Crippen molar-refractivity contribution >= 4 is 6.09 Å². The third-order valence-electron chi connectivity index (χ3n) is 3.67. The summed E-state index contributed by atoms with van der Waals surface area (Å²) in [5.74, 6) is -0.138. The second-order valence-electron chi connectivity index (χ2n) is 6.75. The molecule has 3 atom stereocenters. The second-order valence-corrected chi connectivity index (χ2v) is 6.75. The fraction of sp³-hybridized carbons (Fsp3) is 0.812. The number of aliphatic hydroxyl groups is 1. The van der Waals surface area contributed by atoms with Crippen LogP contribution in [0.3, 0.4) is 0 Å². The van der Waals surface area contributed by atoms with Gasteiger partial charge in [0.05, 0.1) is 25.9 Å². The highest BCUT2D eigenvalue weighted by Gasteiger charge is 2.35. The third-order valence-corrected chi connectivity index (χ3v) is 3.67. The maximum Gasteiger partial charge on any atom is 0.414 e. The molecule has 0 aromatic rings. The molecule has 0 aliphatic carbocycles. The van der Waals surface area contributed by atoms with E-state index in [-0.39, 0.29) is 18.4 Å². The summed E-state index contributed by atoms with van der Waals surface area (Å²) in [6.07, 6.45) is 0.581. The van der Waals surface area contributed by atoms with Gasteiger partial charge in [-0.15, -0.1) is 0 Å². The Kier molecular flexibility index (Phi) is 6.84. The minimum atomic E-state index is -0.707. The lowest BCUT2D eigenvalue weighted by atomic mass is 9.85. The number of rotatable bonds is 4. The summed E-state index contributed by atoms with van der Waals surface area (Å²) in [5, 5.41) is 10.5. The zero-order valence-corrected chi connectivity index (χ0v) is 14.5. The van der Waals surface area contributed by atoms with E-state index in [1.807, 2.05) is 27.7 Å². The van der Waals surface area contributed by atoms with Crippen molar-refractivity contribution in [2.45, 2.75) is 39.4 Å². The van der Waals surface area contributed by atoms with E-state index >= 15 is 0 Å². The zero-order valence-electron chi connectivity index (χ0n) is 14.5.